The number of ether oxygens (including phenoxy) is 3. The van der Waals surface area contributed by atoms with Crippen LogP contribution < -0.4 is 14.2 Å². The molecular formula is C26H27N3O6. The highest BCUT2D eigenvalue weighted by atomic mass is 16.7. The largest absolute Gasteiger partial charge is 0.489 e. The van der Waals surface area contributed by atoms with Gasteiger partial charge < -0.3 is 28.5 Å². The van der Waals surface area contributed by atoms with Gasteiger partial charge in [0.2, 0.25) is 12.7 Å². The number of fused-ring (bicyclic) bond motifs is 1. The van der Waals surface area contributed by atoms with Gasteiger partial charge in [0.05, 0.1) is 17.7 Å². The molecule has 0 spiro atoms. The monoisotopic (exact) mass is 477 g/mol. The van der Waals surface area contributed by atoms with Gasteiger partial charge in [-0.1, -0.05) is 17.3 Å². The first-order valence-corrected chi connectivity index (χ1v) is 11.6. The van der Waals surface area contributed by atoms with Gasteiger partial charge in [0.1, 0.15) is 18.1 Å². The molecule has 182 valence electrons. The molecule has 2 aliphatic heterocycles. The molecular weight excluding hydrogens is 450 g/mol. The molecule has 3 heterocycles. The summed E-state index contributed by atoms with van der Waals surface area (Å²) in [4.78, 5) is 29.3. The van der Waals surface area contributed by atoms with Crippen LogP contribution in [0, 0.1) is 13.8 Å². The smallest absolute Gasteiger partial charge is 0.254 e. The number of aromatic nitrogens is 1. The van der Waals surface area contributed by atoms with Gasteiger partial charge in [-0.2, -0.15) is 0 Å². The van der Waals surface area contributed by atoms with Crippen molar-refractivity contribution in [2.75, 3.05) is 33.0 Å². The zero-order chi connectivity index (χ0) is 24.4. The summed E-state index contributed by atoms with van der Waals surface area (Å²) in [7, 11) is 0. The predicted molar refractivity (Wildman–Crippen MR) is 126 cm³/mol. The van der Waals surface area contributed by atoms with E-state index in [1.165, 1.54) is 0 Å². The zero-order valence-corrected chi connectivity index (χ0v) is 19.8. The van der Waals surface area contributed by atoms with Crippen LogP contribution in [0.15, 0.2) is 47.0 Å². The van der Waals surface area contributed by atoms with Crippen LogP contribution in [0.25, 0.3) is 0 Å². The molecule has 9 heteroatoms. The lowest BCUT2D eigenvalue weighted by atomic mass is 10.1. The van der Waals surface area contributed by atoms with Gasteiger partial charge in [-0.05, 0) is 49.7 Å². The molecule has 0 aliphatic carbocycles. The summed E-state index contributed by atoms with van der Waals surface area (Å²) in [6, 6.07) is 12.7. The van der Waals surface area contributed by atoms with Crippen LogP contribution in [0.3, 0.4) is 0 Å². The molecule has 0 N–H and O–H groups in total. The number of carbonyl (C=O) groups excluding carboxylic acids is 2. The van der Waals surface area contributed by atoms with E-state index in [1.807, 2.05) is 43.0 Å². The summed E-state index contributed by atoms with van der Waals surface area (Å²) in [5.74, 6) is 2.69. The van der Waals surface area contributed by atoms with Crippen molar-refractivity contribution in [1.82, 2.24) is 15.0 Å². The Kier molecular flexibility index (Phi) is 6.31. The van der Waals surface area contributed by atoms with Crippen LogP contribution in [-0.4, -0.2) is 59.7 Å². The van der Waals surface area contributed by atoms with Gasteiger partial charge in [-0.3, -0.25) is 9.59 Å². The molecule has 5 rings (SSSR count). The Morgan fingerprint density at radius 3 is 2.37 bits per heavy atom. The van der Waals surface area contributed by atoms with Crippen molar-refractivity contribution in [3.05, 3.63) is 70.6 Å². The summed E-state index contributed by atoms with van der Waals surface area (Å²) in [5, 5.41) is 3.93. The number of benzene rings is 2. The fourth-order valence-corrected chi connectivity index (χ4v) is 4.22. The van der Waals surface area contributed by atoms with Crippen molar-refractivity contribution in [3.8, 4) is 17.2 Å². The lowest BCUT2D eigenvalue weighted by molar-refractivity contribution is -0.131. The van der Waals surface area contributed by atoms with E-state index in [2.05, 4.69) is 5.16 Å². The topological polar surface area (TPSA) is 94.3 Å². The minimum atomic E-state index is -0.0671. The van der Waals surface area contributed by atoms with Crippen molar-refractivity contribution in [2.45, 2.75) is 26.9 Å². The van der Waals surface area contributed by atoms with Crippen LogP contribution in [0.4, 0.5) is 0 Å². The first-order valence-electron chi connectivity index (χ1n) is 11.6. The molecule has 1 aromatic heterocycles. The molecule has 0 bridgehead atoms. The molecule has 2 amide bonds. The number of nitrogens with zero attached hydrogens (tertiary/aromatic N) is 3. The Morgan fingerprint density at radius 2 is 1.66 bits per heavy atom. The molecule has 0 saturated carbocycles. The second-order valence-electron chi connectivity index (χ2n) is 8.65. The number of carbonyl (C=O) groups is 2. The summed E-state index contributed by atoms with van der Waals surface area (Å²) in [5.41, 5.74) is 3.24. The standard InChI is InChI=1S/C26H27N3O6/c1-17-22(18(2)35-27-17)15-32-21-6-3-19(4-7-21)13-25(30)28-9-11-29(12-10-28)26(31)20-5-8-23-24(14-20)34-16-33-23/h3-8,14H,9-13,15-16H2,1-2H3. The van der Waals surface area contributed by atoms with Crippen molar-refractivity contribution >= 4 is 11.8 Å². The number of hydrogen-bond donors (Lipinski definition) is 0. The lowest BCUT2D eigenvalue weighted by Crippen LogP contribution is -2.51. The third-order valence-corrected chi connectivity index (χ3v) is 6.38. The average molecular weight is 478 g/mol. The molecule has 35 heavy (non-hydrogen) atoms. The van der Waals surface area contributed by atoms with E-state index >= 15 is 0 Å². The minimum Gasteiger partial charge on any atom is -0.489 e. The summed E-state index contributed by atoms with van der Waals surface area (Å²) in [6.07, 6.45) is 0.306. The second kappa shape index (κ2) is 9.69. The van der Waals surface area contributed by atoms with E-state index in [1.54, 1.807) is 23.1 Å². The van der Waals surface area contributed by atoms with E-state index in [0.29, 0.717) is 56.3 Å². The van der Waals surface area contributed by atoms with E-state index in [4.69, 9.17) is 18.7 Å². The van der Waals surface area contributed by atoms with Crippen molar-refractivity contribution in [3.63, 3.8) is 0 Å². The maximum Gasteiger partial charge on any atom is 0.254 e. The zero-order valence-electron chi connectivity index (χ0n) is 19.8. The maximum absolute atomic E-state index is 12.9. The van der Waals surface area contributed by atoms with Gasteiger partial charge >= 0.3 is 0 Å². The molecule has 1 fully saturated rings. The number of piperazine rings is 1. The average Bonchev–Trinajstić information content (AvgIpc) is 3.48. The van der Waals surface area contributed by atoms with Crippen LogP contribution in [0.2, 0.25) is 0 Å². The highest BCUT2D eigenvalue weighted by molar-refractivity contribution is 5.95. The molecule has 1 saturated heterocycles. The first-order chi connectivity index (χ1) is 17.0. The third kappa shape index (κ3) is 4.94. The van der Waals surface area contributed by atoms with E-state index in [0.717, 1.165) is 28.3 Å². The number of hydrogen-bond acceptors (Lipinski definition) is 7. The number of aryl methyl sites for hydroxylation is 2. The number of rotatable bonds is 6. The summed E-state index contributed by atoms with van der Waals surface area (Å²) in [6.45, 7) is 6.31. The van der Waals surface area contributed by atoms with Gasteiger partial charge in [0.15, 0.2) is 11.5 Å². The van der Waals surface area contributed by atoms with Gasteiger partial charge in [-0.25, -0.2) is 0 Å². The maximum atomic E-state index is 12.9. The van der Waals surface area contributed by atoms with Crippen LogP contribution >= 0.6 is 0 Å². The summed E-state index contributed by atoms with van der Waals surface area (Å²) >= 11 is 0. The van der Waals surface area contributed by atoms with Crippen LogP contribution in [-0.2, 0) is 17.8 Å². The summed E-state index contributed by atoms with van der Waals surface area (Å²) < 4.78 is 21.7. The molecule has 9 nitrogen and oxygen atoms in total. The normalized spacial score (nSPS) is 14.8. The van der Waals surface area contributed by atoms with Crippen molar-refractivity contribution in [1.29, 1.82) is 0 Å². The minimum absolute atomic E-state index is 0.0459. The van der Waals surface area contributed by atoms with E-state index < -0.39 is 0 Å². The van der Waals surface area contributed by atoms with Gasteiger partial charge in [0, 0.05) is 31.7 Å². The molecule has 0 radical (unpaired) electrons. The third-order valence-electron chi connectivity index (χ3n) is 6.38. The Bertz CT molecular complexity index is 1210. The lowest BCUT2D eigenvalue weighted by Gasteiger charge is -2.35. The highest BCUT2D eigenvalue weighted by Crippen LogP contribution is 2.33. The predicted octanol–water partition coefficient (Wildman–Crippen LogP) is 3.13. The Balaban J connectivity index is 1.10. The molecule has 0 atom stereocenters. The van der Waals surface area contributed by atoms with Crippen LogP contribution in [0.1, 0.15) is 32.9 Å². The fourth-order valence-electron chi connectivity index (χ4n) is 4.22. The Hall–Kier alpha value is -4.01. The van der Waals surface area contributed by atoms with E-state index in [-0.39, 0.29) is 18.6 Å². The van der Waals surface area contributed by atoms with Gasteiger partial charge in [0.25, 0.3) is 5.91 Å². The van der Waals surface area contributed by atoms with Crippen LogP contribution in [0.5, 0.6) is 17.2 Å². The van der Waals surface area contributed by atoms with Crippen molar-refractivity contribution in [2.24, 2.45) is 0 Å². The molecule has 2 aromatic carbocycles. The quantitative estimate of drug-likeness (QED) is 0.538. The van der Waals surface area contributed by atoms with Crippen molar-refractivity contribution < 1.29 is 28.3 Å². The second-order valence-corrected chi connectivity index (χ2v) is 8.65. The molecule has 2 aliphatic rings. The SMILES string of the molecule is Cc1noc(C)c1COc1ccc(CC(=O)N2CCN(C(=O)c3ccc4c(c3)OCO4)CC2)cc1. The Labute approximate surface area is 203 Å². The van der Waals surface area contributed by atoms with E-state index in [9.17, 15) is 9.59 Å². The Morgan fingerprint density at radius 1 is 0.943 bits per heavy atom. The highest BCUT2D eigenvalue weighted by Gasteiger charge is 2.26. The number of amides is 2. The molecule has 3 aromatic rings. The first kappa shape index (κ1) is 22.8. The molecule has 0 unspecified atom stereocenters. The van der Waals surface area contributed by atoms with Gasteiger partial charge in [-0.15, -0.1) is 0 Å². The fraction of sp³-hybridized carbons (Fsp3) is 0.346.